The first-order valence-corrected chi connectivity index (χ1v) is 10.4. The van der Waals surface area contributed by atoms with Crippen molar-refractivity contribution in [2.75, 3.05) is 19.6 Å². The summed E-state index contributed by atoms with van der Waals surface area (Å²) in [4.78, 5) is 32.1. The monoisotopic (exact) mass is 434 g/mol. The van der Waals surface area contributed by atoms with Crippen molar-refractivity contribution < 1.29 is 14.1 Å². The predicted molar refractivity (Wildman–Crippen MR) is 120 cm³/mol. The summed E-state index contributed by atoms with van der Waals surface area (Å²) in [7, 11) is 0. The highest BCUT2D eigenvalue weighted by molar-refractivity contribution is 5.94. The Morgan fingerprint density at radius 3 is 2.75 bits per heavy atom. The Morgan fingerprint density at radius 1 is 1.25 bits per heavy atom. The molecule has 1 aliphatic rings. The summed E-state index contributed by atoms with van der Waals surface area (Å²) in [5.41, 5.74) is 1.94. The summed E-state index contributed by atoms with van der Waals surface area (Å²) >= 11 is 0. The van der Waals surface area contributed by atoms with E-state index in [0.717, 1.165) is 5.56 Å². The van der Waals surface area contributed by atoms with Gasteiger partial charge in [0, 0.05) is 55.9 Å². The second-order valence-corrected chi connectivity index (χ2v) is 7.94. The molecule has 1 aromatic heterocycles. The van der Waals surface area contributed by atoms with Crippen LogP contribution in [0.2, 0.25) is 0 Å². The number of hydrogen-bond donors (Lipinski definition) is 0. The lowest BCUT2D eigenvalue weighted by Crippen LogP contribution is -2.53. The van der Waals surface area contributed by atoms with E-state index >= 15 is 0 Å². The summed E-state index contributed by atoms with van der Waals surface area (Å²) in [5, 5.41) is 12.2. The third-order valence-corrected chi connectivity index (χ3v) is 5.67. The molecule has 0 saturated carbocycles. The number of carbonyl (C=O) groups excluding carboxylic acids is 1. The van der Waals surface area contributed by atoms with Crippen LogP contribution < -0.4 is 0 Å². The summed E-state index contributed by atoms with van der Waals surface area (Å²) in [6.07, 6.45) is 4.51. The molecule has 164 valence electrons. The van der Waals surface area contributed by atoms with Crippen LogP contribution in [0, 0.1) is 15.9 Å². The van der Waals surface area contributed by atoms with Crippen LogP contribution in [0.5, 0.6) is 0 Å². The van der Waals surface area contributed by atoms with Gasteiger partial charge >= 0.3 is 0 Å². The van der Waals surface area contributed by atoms with Gasteiger partial charge in [-0.1, -0.05) is 18.2 Å². The minimum Gasteiger partial charge on any atom is -0.334 e. The smallest absolute Gasteiger partial charge is 0.277 e. The van der Waals surface area contributed by atoms with Gasteiger partial charge in [-0.2, -0.15) is 0 Å². The largest absolute Gasteiger partial charge is 0.334 e. The average molecular weight is 434 g/mol. The van der Waals surface area contributed by atoms with Crippen LogP contribution >= 0.6 is 0 Å². The molecule has 1 amide bonds. The maximum atomic E-state index is 13.1. The zero-order valence-corrected chi connectivity index (χ0v) is 17.6. The normalized spacial score (nSPS) is 17.2. The maximum absolute atomic E-state index is 13.1. The fourth-order valence-corrected chi connectivity index (χ4v) is 4.02. The molecule has 0 radical (unpaired) electrons. The number of aromatic nitrogens is 1. The summed E-state index contributed by atoms with van der Waals surface area (Å²) < 4.78 is 13.1. The Morgan fingerprint density at radius 2 is 2.03 bits per heavy atom. The van der Waals surface area contributed by atoms with Crippen molar-refractivity contribution >= 4 is 28.6 Å². The lowest BCUT2D eigenvalue weighted by molar-refractivity contribution is -0.384. The number of benzene rings is 2. The second kappa shape index (κ2) is 9.23. The third kappa shape index (κ3) is 4.81. The zero-order chi connectivity index (χ0) is 22.7. The Labute approximate surface area is 184 Å². The van der Waals surface area contributed by atoms with Gasteiger partial charge in [-0.25, -0.2) is 4.39 Å². The molecule has 0 bridgehead atoms. The van der Waals surface area contributed by atoms with Gasteiger partial charge in [-0.05, 0) is 42.8 Å². The number of nitrogens with zero attached hydrogens (tertiary/aromatic N) is 4. The topological polar surface area (TPSA) is 79.6 Å². The van der Waals surface area contributed by atoms with Crippen molar-refractivity contribution in [1.82, 2.24) is 14.8 Å². The lowest BCUT2D eigenvalue weighted by Gasteiger charge is -2.39. The van der Waals surface area contributed by atoms with Crippen molar-refractivity contribution in [3.8, 4) is 0 Å². The van der Waals surface area contributed by atoms with E-state index in [1.54, 1.807) is 41.4 Å². The highest BCUT2D eigenvalue weighted by atomic mass is 19.1. The number of carbonyl (C=O) groups is 1. The summed E-state index contributed by atoms with van der Waals surface area (Å²) in [5.74, 6) is -0.443. The molecule has 7 nitrogen and oxygen atoms in total. The number of nitro benzene ring substituents is 1. The predicted octanol–water partition coefficient (Wildman–Crippen LogP) is 4.03. The zero-order valence-electron chi connectivity index (χ0n) is 17.6. The van der Waals surface area contributed by atoms with Crippen molar-refractivity contribution in [1.29, 1.82) is 0 Å². The van der Waals surface area contributed by atoms with Crippen molar-refractivity contribution in [2.24, 2.45) is 0 Å². The molecule has 1 saturated heterocycles. The van der Waals surface area contributed by atoms with Crippen LogP contribution in [-0.4, -0.2) is 51.3 Å². The number of pyridine rings is 1. The second-order valence-electron chi connectivity index (χ2n) is 7.94. The van der Waals surface area contributed by atoms with E-state index < -0.39 is 4.92 Å². The lowest BCUT2D eigenvalue weighted by atomic mass is 10.1. The van der Waals surface area contributed by atoms with Gasteiger partial charge in [-0.3, -0.25) is 24.8 Å². The molecule has 0 spiro atoms. The van der Waals surface area contributed by atoms with Gasteiger partial charge in [0.25, 0.3) is 5.69 Å². The molecule has 0 aliphatic carbocycles. The van der Waals surface area contributed by atoms with Crippen LogP contribution in [0.15, 0.2) is 60.8 Å². The van der Waals surface area contributed by atoms with E-state index in [1.165, 1.54) is 30.4 Å². The SMILES string of the molecule is CC1CN(Cc2ccc(F)cc2)CCN1C(=O)C=Cc1cc2ncccc2cc1[N+](=O)[O-]. The molecular weight excluding hydrogens is 411 g/mol. The number of rotatable bonds is 5. The maximum Gasteiger partial charge on any atom is 0.277 e. The summed E-state index contributed by atoms with van der Waals surface area (Å²) in [6.45, 7) is 4.61. The molecule has 2 aromatic carbocycles. The van der Waals surface area contributed by atoms with Gasteiger partial charge in [-0.15, -0.1) is 0 Å². The molecule has 1 unspecified atom stereocenters. The Kier molecular flexibility index (Phi) is 6.23. The fourth-order valence-electron chi connectivity index (χ4n) is 4.02. The van der Waals surface area contributed by atoms with E-state index in [9.17, 15) is 19.3 Å². The first kappa shape index (κ1) is 21.6. The number of nitro groups is 1. The van der Waals surface area contributed by atoms with Crippen LogP contribution in [0.3, 0.4) is 0 Å². The molecular formula is C24H23FN4O3. The molecule has 8 heteroatoms. The van der Waals surface area contributed by atoms with Gasteiger partial charge in [0.2, 0.25) is 5.91 Å². The van der Waals surface area contributed by atoms with Crippen molar-refractivity contribution in [3.05, 3.63) is 87.9 Å². The van der Waals surface area contributed by atoms with Crippen LogP contribution in [0.1, 0.15) is 18.1 Å². The van der Waals surface area contributed by atoms with Crippen LogP contribution in [-0.2, 0) is 11.3 Å². The molecule has 3 aromatic rings. The standard InChI is InChI=1S/C24H23FN4O3/c1-17-15-27(16-18-4-7-21(25)8-5-18)11-12-28(17)24(30)9-6-20-13-22-19(3-2-10-26-22)14-23(20)29(31)32/h2-10,13-14,17H,11-12,15-16H2,1H3. The number of fused-ring (bicyclic) bond motifs is 1. The van der Waals surface area contributed by atoms with E-state index in [2.05, 4.69) is 9.88 Å². The molecule has 2 heterocycles. The Balaban J connectivity index is 1.44. The average Bonchev–Trinajstić information content (AvgIpc) is 2.78. The van der Waals surface area contributed by atoms with Gasteiger partial charge in [0.15, 0.2) is 0 Å². The molecule has 1 fully saturated rings. The van der Waals surface area contributed by atoms with Gasteiger partial charge in [0.05, 0.1) is 16.0 Å². The quantitative estimate of drug-likeness (QED) is 0.344. The highest BCUT2D eigenvalue weighted by Gasteiger charge is 2.26. The van der Waals surface area contributed by atoms with E-state index in [0.29, 0.717) is 42.6 Å². The van der Waals surface area contributed by atoms with E-state index in [1.807, 2.05) is 6.92 Å². The minimum absolute atomic E-state index is 0.0189. The summed E-state index contributed by atoms with van der Waals surface area (Å²) in [6, 6.07) is 13.0. The number of piperazine rings is 1. The van der Waals surface area contributed by atoms with E-state index in [-0.39, 0.29) is 23.5 Å². The van der Waals surface area contributed by atoms with Gasteiger partial charge < -0.3 is 4.90 Å². The molecule has 1 aliphatic heterocycles. The van der Waals surface area contributed by atoms with E-state index in [4.69, 9.17) is 0 Å². The number of hydrogen-bond acceptors (Lipinski definition) is 5. The molecule has 4 rings (SSSR count). The fraction of sp³-hybridized carbons (Fsp3) is 0.250. The van der Waals surface area contributed by atoms with Crippen molar-refractivity contribution in [3.63, 3.8) is 0 Å². The molecule has 0 N–H and O–H groups in total. The highest BCUT2D eigenvalue weighted by Crippen LogP contribution is 2.26. The number of amides is 1. The Hall–Kier alpha value is -3.65. The van der Waals surface area contributed by atoms with Crippen molar-refractivity contribution in [2.45, 2.75) is 19.5 Å². The molecule has 1 atom stereocenters. The van der Waals surface area contributed by atoms with Gasteiger partial charge in [0.1, 0.15) is 5.82 Å². The molecule has 32 heavy (non-hydrogen) atoms. The Bertz CT molecular complexity index is 1180. The third-order valence-electron chi connectivity index (χ3n) is 5.67. The minimum atomic E-state index is -0.451. The first-order chi connectivity index (χ1) is 15.4. The number of halogens is 1. The van der Waals surface area contributed by atoms with Crippen LogP contribution in [0.4, 0.5) is 10.1 Å². The first-order valence-electron chi connectivity index (χ1n) is 10.4. The van der Waals surface area contributed by atoms with Crippen LogP contribution in [0.25, 0.3) is 17.0 Å².